The van der Waals surface area contributed by atoms with Gasteiger partial charge in [-0.2, -0.15) is 0 Å². The maximum Gasteiger partial charge on any atom is 0.221 e. The van der Waals surface area contributed by atoms with Crippen molar-refractivity contribution in [1.82, 2.24) is 15.5 Å². The van der Waals surface area contributed by atoms with Gasteiger partial charge in [-0.3, -0.25) is 9.69 Å². The molecule has 1 aliphatic heterocycles. The van der Waals surface area contributed by atoms with E-state index in [1.807, 2.05) is 7.05 Å². The SMILES string of the molecule is CNCCC(=O)NCc1ccc(CN2CC(C)CC(C)C2)cc1. The topological polar surface area (TPSA) is 44.4 Å². The maximum atomic E-state index is 11.6. The summed E-state index contributed by atoms with van der Waals surface area (Å²) in [5.74, 6) is 1.69. The van der Waals surface area contributed by atoms with Gasteiger partial charge in [0.1, 0.15) is 0 Å². The molecule has 1 heterocycles. The summed E-state index contributed by atoms with van der Waals surface area (Å²) in [4.78, 5) is 14.2. The minimum atomic E-state index is 0.0970. The molecular weight excluding hydrogens is 286 g/mol. The van der Waals surface area contributed by atoms with Crippen molar-refractivity contribution in [3.63, 3.8) is 0 Å². The first kappa shape index (κ1) is 18.0. The lowest BCUT2D eigenvalue weighted by atomic mass is 9.91. The van der Waals surface area contributed by atoms with Crippen LogP contribution >= 0.6 is 0 Å². The Bertz CT molecular complexity index is 476. The van der Waals surface area contributed by atoms with Crippen molar-refractivity contribution in [2.45, 2.75) is 39.8 Å². The van der Waals surface area contributed by atoms with E-state index in [0.29, 0.717) is 13.0 Å². The van der Waals surface area contributed by atoms with Crippen LogP contribution in [0.3, 0.4) is 0 Å². The molecule has 0 spiro atoms. The Kier molecular flexibility index (Phi) is 7.06. The lowest BCUT2D eigenvalue weighted by Gasteiger charge is -2.35. The lowest BCUT2D eigenvalue weighted by molar-refractivity contribution is -0.121. The van der Waals surface area contributed by atoms with Crippen LogP contribution in [0.1, 0.15) is 37.8 Å². The second-order valence-corrected chi connectivity index (χ2v) is 7.09. The average Bonchev–Trinajstić information content (AvgIpc) is 2.51. The molecule has 23 heavy (non-hydrogen) atoms. The quantitative estimate of drug-likeness (QED) is 0.811. The van der Waals surface area contributed by atoms with Gasteiger partial charge in [-0.25, -0.2) is 0 Å². The van der Waals surface area contributed by atoms with Crippen molar-refractivity contribution in [3.8, 4) is 0 Å². The molecule has 0 aliphatic carbocycles. The Labute approximate surface area is 140 Å². The molecule has 0 radical (unpaired) electrons. The zero-order chi connectivity index (χ0) is 16.7. The van der Waals surface area contributed by atoms with Crippen molar-refractivity contribution in [2.24, 2.45) is 11.8 Å². The number of carbonyl (C=O) groups excluding carboxylic acids is 1. The molecule has 4 heteroatoms. The fourth-order valence-corrected chi connectivity index (χ4v) is 3.47. The number of amides is 1. The Morgan fingerprint density at radius 2 is 1.74 bits per heavy atom. The van der Waals surface area contributed by atoms with Gasteiger partial charge in [0.2, 0.25) is 5.91 Å². The summed E-state index contributed by atoms with van der Waals surface area (Å²) < 4.78 is 0. The molecule has 2 unspecified atom stereocenters. The number of likely N-dealkylation sites (tertiary alicyclic amines) is 1. The summed E-state index contributed by atoms with van der Waals surface area (Å²) in [6, 6.07) is 8.65. The van der Waals surface area contributed by atoms with E-state index in [1.165, 1.54) is 25.1 Å². The first-order chi connectivity index (χ1) is 11.1. The lowest BCUT2D eigenvalue weighted by Crippen LogP contribution is -2.38. The summed E-state index contributed by atoms with van der Waals surface area (Å²) in [6.07, 6.45) is 1.88. The largest absolute Gasteiger partial charge is 0.352 e. The average molecular weight is 317 g/mol. The highest BCUT2D eigenvalue weighted by Gasteiger charge is 2.21. The molecule has 1 fully saturated rings. The van der Waals surface area contributed by atoms with E-state index in [1.54, 1.807) is 0 Å². The van der Waals surface area contributed by atoms with Crippen LogP contribution < -0.4 is 10.6 Å². The third-order valence-electron chi connectivity index (χ3n) is 4.47. The molecule has 2 rings (SSSR count). The van der Waals surface area contributed by atoms with Crippen LogP contribution in [0, 0.1) is 11.8 Å². The van der Waals surface area contributed by atoms with Crippen molar-refractivity contribution in [1.29, 1.82) is 0 Å². The molecule has 0 aromatic heterocycles. The molecule has 1 saturated heterocycles. The fourth-order valence-electron chi connectivity index (χ4n) is 3.47. The van der Waals surface area contributed by atoms with E-state index in [4.69, 9.17) is 0 Å². The van der Waals surface area contributed by atoms with Crippen LogP contribution in [-0.2, 0) is 17.9 Å². The van der Waals surface area contributed by atoms with E-state index in [0.717, 1.165) is 30.5 Å². The summed E-state index contributed by atoms with van der Waals surface area (Å²) in [5, 5.41) is 5.94. The molecule has 0 bridgehead atoms. The molecule has 2 atom stereocenters. The minimum absolute atomic E-state index is 0.0970. The number of nitrogens with zero attached hydrogens (tertiary/aromatic N) is 1. The molecule has 4 nitrogen and oxygen atoms in total. The molecule has 1 amide bonds. The molecule has 1 aromatic carbocycles. The summed E-state index contributed by atoms with van der Waals surface area (Å²) in [6.45, 7) is 9.47. The Balaban J connectivity index is 1.79. The van der Waals surface area contributed by atoms with Gasteiger partial charge in [-0.05, 0) is 36.4 Å². The zero-order valence-corrected chi connectivity index (χ0v) is 14.8. The van der Waals surface area contributed by atoms with Crippen LogP contribution in [0.5, 0.6) is 0 Å². The minimum Gasteiger partial charge on any atom is -0.352 e. The van der Waals surface area contributed by atoms with E-state index < -0.39 is 0 Å². The van der Waals surface area contributed by atoms with Crippen LogP contribution in [0.25, 0.3) is 0 Å². The highest BCUT2D eigenvalue weighted by atomic mass is 16.1. The van der Waals surface area contributed by atoms with Gasteiger partial charge in [0.15, 0.2) is 0 Å². The van der Waals surface area contributed by atoms with Gasteiger partial charge in [0.25, 0.3) is 0 Å². The zero-order valence-electron chi connectivity index (χ0n) is 14.8. The smallest absolute Gasteiger partial charge is 0.221 e. The first-order valence-corrected chi connectivity index (χ1v) is 8.78. The summed E-state index contributed by atoms with van der Waals surface area (Å²) in [5.41, 5.74) is 2.52. The fraction of sp³-hybridized carbons (Fsp3) is 0.632. The van der Waals surface area contributed by atoms with Crippen molar-refractivity contribution in [3.05, 3.63) is 35.4 Å². The normalized spacial score (nSPS) is 22.0. The summed E-state index contributed by atoms with van der Waals surface area (Å²) in [7, 11) is 1.86. The number of hydrogen-bond acceptors (Lipinski definition) is 3. The molecule has 1 aromatic rings. The third-order valence-corrected chi connectivity index (χ3v) is 4.47. The maximum absolute atomic E-state index is 11.6. The van der Waals surface area contributed by atoms with E-state index in [9.17, 15) is 4.79 Å². The van der Waals surface area contributed by atoms with Gasteiger partial charge in [-0.1, -0.05) is 38.1 Å². The number of piperidine rings is 1. The molecular formula is C19H31N3O. The van der Waals surface area contributed by atoms with E-state index in [2.05, 4.69) is 53.6 Å². The van der Waals surface area contributed by atoms with Gasteiger partial charge in [0, 0.05) is 39.1 Å². The van der Waals surface area contributed by atoms with Crippen molar-refractivity contribution >= 4 is 5.91 Å². The van der Waals surface area contributed by atoms with Gasteiger partial charge >= 0.3 is 0 Å². The molecule has 2 N–H and O–H groups in total. The predicted molar refractivity (Wildman–Crippen MR) is 95.1 cm³/mol. The second-order valence-electron chi connectivity index (χ2n) is 7.09. The van der Waals surface area contributed by atoms with Gasteiger partial charge < -0.3 is 10.6 Å². The second kappa shape index (κ2) is 9.04. The molecule has 128 valence electrons. The van der Waals surface area contributed by atoms with Gasteiger partial charge in [-0.15, -0.1) is 0 Å². The third kappa shape index (κ3) is 6.32. The monoisotopic (exact) mass is 317 g/mol. The number of nitrogens with one attached hydrogen (secondary N) is 2. The molecule has 1 aliphatic rings. The Morgan fingerprint density at radius 3 is 2.35 bits per heavy atom. The number of rotatable bonds is 7. The number of hydrogen-bond donors (Lipinski definition) is 2. The van der Waals surface area contributed by atoms with Crippen molar-refractivity contribution in [2.75, 3.05) is 26.7 Å². The molecule has 0 saturated carbocycles. The highest BCUT2D eigenvalue weighted by molar-refractivity contribution is 5.76. The van der Waals surface area contributed by atoms with E-state index in [-0.39, 0.29) is 5.91 Å². The van der Waals surface area contributed by atoms with Crippen LogP contribution in [-0.4, -0.2) is 37.5 Å². The van der Waals surface area contributed by atoms with Crippen molar-refractivity contribution < 1.29 is 4.79 Å². The van der Waals surface area contributed by atoms with Crippen LogP contribution in [0.2, 0.25) is 0 Å². The van der Waals surface area contributed by atoms with Crippen LogP contribution in [0.15, 0.2) is 24.3 Å². The van der Waals surface area contributed by atoms with E-state index >= 15 is 0 Å². The predicted octanol–water partition coefficient (Wildman–Crippen LogP) is 2.39. The van der Waals surface area contributed by atoms with Crippen LogP contribution in [0.4, 0.5) is 0 Å². The standard InChI is InChI=1S/C19H31N3O/c1-15-10-16(2)13-22(12-15)14-18-6-4-17(5-7-18)11-21-19(23)8-9-20-3/h4-7,15-16,20H,8-14H2,1-3H3,(H,21,23). The highest BCUT2D eigenvalue weighted by Crippen LogP contribution is 2.22. The first-order valence-electron chi connectivity index (χ1n) is 8.78. The number of benzene rings is 1. The van der Waals surface area contributed by atoms with Gasteiger partial charge in [0.05, 0.1) is 0 Å². The Morgan fingerprint density at radius 1 is 1.13 bits per heavy atom. The summed E-state index contributed by atoms with van der Waals surface area (Å²) >= 11 is 0. The Hall–Kier alpha value is -1.39. The number of carbonyl (C=O) groups is 1.